The average molecular weight is 485 g/mol. The molecule has 1 atom stereocenters. The Morgan fingerprint density at radius 2 is 2.08 bits per heavy atom. The van der Waals surface area contributed by atoms with Crippen LogP contribution < -0.4 is 0 Å². The number of benzene rings is 2. The van der Waals surface area contributed by atoms with E-state index in [4.69, 9.17) is 21.4 Å². The third-order valence-electron chi connectivity index (χ3n) is 4.36. The highest BCUT2D eigenvalue weighted by Gasteiger charge is 2.22. The maximum absolute atomic E-state index is 6.65. The summed E-state index contributed by atoms with van der Waals surface area (Å²) in [5.41, 5.74) is 2.30. The zero-order chi connectivity index (χ0) is 17.2. The number of fused-ring (bicyclic) bond motifs is 1. The van der Waals surface area contributed by atoms with Gasteiger partial charge in [0.15, 0.2) is 6.23 Å². The number of nitrogens with zero attached hydrogens (tertiary/aromatic N) is 2. The fourth-order valence-corrected chi connectivity index (χ4v) is 5.05. The zero-order valence-electron chi connectivity index (χ0n) is 13.6. The molecule has 2 heterocycles. The third kappa shape index (κ3) is 3.84. The molecule has 3 nitrogen and oxygen atoms in total. The van der Waals surface area contributed by atoms with Crippen LogP contribution >= 0.6 is 46.0 Å². The number of hydrogen-bond donors (Lipinski definition) is 0. The Bertz CT molecular complexity index is 878. The van der Waals surface area contributed by atoms with Crippen LogP contribution in [0, 0.1) is 3.70 Å². The van der Waals surface area contributed by atoms with Crippen molar-refractivity contribution >= 4 is 56.9 Å². The lowest BCUT2D eigenvalue weighted by Crippen LogP contribution is -2.19. The number of halogens is 2. The van der Waals surface area contributed by atoms with Crippen molar-refractivity contribution in [2.45, 2.75) is 36.1 Å². The molecule has 4 rings (SSSR count). The van der Waals surface area contributed by atoms with Crippen LogP contribution in [0.2, 0.25) is 5.02 Å². The highest BCUT2D eigenvalue weighted by Crippen LogP contribution is 2.36. The van der Waals surface area contributed by atoms with Gasteiger partial charge in [0.2, 0.25) is 0 Å². The van der Waals surface area contributed by atoms with E-state index in [1.54, 1.807) is 11.8 Å². The summed E-state index contributed by atoms with van der Waals surface area (Å²) in [6.45, 7) is 0.797. The Morgan fingerprint density at radius 1 is 1.24 bits per heavy atom. The number of aromatic nitrogens is 2. The van der Waals surface area contributed by atoms with Gasteiger partial charge in [-0.05, 0) is 59.5 Å². The van der Waals surface area contributed by atoms with Crippen molar-refractivity contribution in [2.24, 2.45) is 0 Å². The topological polar surface area (TPSA) is 27.1 Å². The van der Waals surface area contributed by atoms with E-state index >= 15 is 0 Å². The Hall–Kier alpha value is -0.760. The second-order valence-electron chi connectivity index (χ2n) is 6.13. The van der Waals surface area contributed by atoms with Gasteiger partial charge in [0.25, 0.3) is 0 Å². The minimum atomic E-state index is 0.0000813. The standard InChI is InChI=1S/C19H18ClIN2OS/c20-16-11-14(25-12-13-6-2-1-3-7-13)10-15-18(16)23(22-19(15)21)17-8-4-5-9-24-17/h1-3,6-7,10-11,17H,4-5,8-9,12H2. The summed E-state index contributed by atoms with van der Waals surface area (Å²) in [7, 11) is 0. The van der Waals surface area contributed by atoms with Crippen LogP contribution in [-0.4, -0.2) is 16.4 Å². The van der Waals surface area contributed by atoms with Crippen LogP contribution in [0.25, 0.3) is 10.9 Å². The smallest absolute Gasteiger partial charge is 0.150 e. The highest BCUT2D eigenvalue weighted by atomic mass is 127. The highest BCUT2D eigenvalue weighted by molar-refractivity contribution is 14.1. The molecular weight excluding hydrogens is 467 g/mol. The second kappa shape index (κ2) is 7.86. The van der Waals surface area contributed by atoms with Crippen LogP contribution in [0.15, 0.2) is 47.4 Å². The summed E-state index contributed by atoms with van der Waals surface area (Å²) in [6.07, 6.45) is 3.29. The van der Waals surface area contributed by atoms with E-state index in [0.29, 0.717) is 0 Å². The van der Waals surface area contributed by atoms with E-state index in [0.717, 1.165) is 44.8 Å². The van der Waals surface area contributed by atoms with E-state index < -0.39 is 0 Å². The fourth-order valence-electron chi connectivity index (χ4n) is 3.11. The zero-order valence-corrected chi connectivity index (χ0v) is 17.4. The van der Waals surface area contributed by atoms with E-state index in [1.165, 1.54) is 16.9 Å². The SMILES string of the molecule is Clc1cc(SCc2ccccc2)cc2c(I)nn(C3CCCCO3)c12. The Morgan fingerprint density at radius 3 is 2.84 bits per heavy atom. The molecule has 2 aromatic carbocycles. The summed E-state index contributed by atoms with van der Waals surface area (Å²) < 4.78 is 8.86. The predicted molar refractivity (Wildman–Crippen MR) is 112 cm³/mol. The van der Waals surface area contributed by atoms with Gasteiger partial charge in [-0.3, -0.25) is 0 Å². The van der Waals surface area contributed by atoms with E-state index in [1.807, 2.05) is 10.7 Å². The molecule has 3 aromatic rings. The predicted octanol–water partition coefficient (Wildman–Crippen LogP) is 6.29. The number of rotatable bonds is 4. The number of ether oxygens (including phenoxy) is 1. The quantitative estimate of drug-likeness (QED) is 0.322. The normalized spacial score (nSPS) is 17.9. The van der Waals surface area contributed by atoms with Crippen LogP contribution in [-0.2, 0) is 10.5 Å². The molecule has 1 saturated heterocycles. The Balaban J connectivity index is 1.64. The molecule has 0 aliphatic carbocycles. The minimum absolute atomic E-state index is 0.0000813. The molecule has 1 unspecified atom stereocenters. The third-order valence-corrected chi connectivity index (χ3v) is 6.49. The average Bonchev–Trinajstić information content (AvgIpc) is 2.99. The largest absolute Gasteiger partial charge is 0.356 e. The molecule has 0 saturated carbocycles. The van der Waals surface area contributed by atoms with Gasteiger partial charge in [-0.2, -0.15) is 5.10 Å². The molecule has 1 aromatic heterocycles. The van der Waals surface area contributed by atoms with E-state index in [-0.39, 0.29) is 6.23 Å². The van der Waals surface area contributed by atoms with Gasteiger partial charge in [0.1, 0.15) is 3.70 Å². The monoisotopic (exact) mass is 484 g/mol. The first-order valence-corrected chi connectivity index (χ1v) is 10.8. The van der Waals surface area contributed by atoms with Crippen molar-refractivity contribution < 1.29 is 4.74 Å². The molecule has 25 heavy (non-hydrogen) atoms. The van der Waals surface area contributed by atoms with Crippen LogP contribution in [0.4, 0.5) is 0 Å². The van der Waals surface area contributed by atoms with Gasteiger partial charge in [-0.25, -0.2) is 4.68 Å². The lowest BCUT2D eigenvalue weighted by molar-refractivity contribution is -0.0368. The van der Waals surface area contributed by atoms with E-state index in [9.17, 15) is 0 Å². The summed E-state index contributed by atoms with van der Waals surface area (Å²) in [5.74, 6) is 0.930. The van der Waals surface area contributed by atoms with Crippen LogP contribution in [0.5, 0.6) is 0 Å². The first-order chi connectivity index (χ1) is 12.2. The van der Waals surface area contributed by atoms with Crippen molar-refractivity contribution in [3.05, 3.63) is 56.8 Å². The molecule has 0 radical (unpaired) electrons. The lowest BCUT2D eigenvalue weighted by atomic mass is 10.2. The maximum Gasteiger partial charge on any atom is 0.150 e. The van der Waals surface area contributed by atoms with Crippen LogP contribution in [0.3, 0.4) is 0 Å². The first kappa shape index (κ1) is 17.6. The molecule has 1 fully saturated rings. The van der Waals surface area contributed by atoms with Gasteiger partial charge < -0.3 is 4.74 Å². The van der Waals surface area contributed by atoms with Gasteiger partial charge in [-0.1, -0.05) is 41.9 Å². The molecule has 0 bridgehead atoms. The lowest BCUT2D eigenvalue weighted by Gasteiger charge is -2.23. The molecule has 0 amide bonds. The maximum atomic E-state index is 6.65. The molecule has 130 valence electrons. The minimum Gasteiger partial charge on any atom is -0.356 e. The number of hydrogen-bond acceptors (Lipinski definition) is 3. The van der Waals surface area contributed by atoms with Crippen LogP contribution in [0.1, 0.15) is 31.1 Å². The molecular formula is C19H18ClIN2OS. The molecule has 1 aliphatic rings. The van der Waals surface area contributed by atoms with Crippen molar-refractivity contribution in [2.75, 3.05) is 6.61 Å². The Kier molecular flexibility index (Phi) is 5.55. The van der Waals surface area contributed by atoms with Gasteiger partial charge in [0.05, 0.1) is 10.5 Å². The van der Waals surface area contributed by atoms with Crippen molar-refractivity contribution in [1.29, 1.82) is 0 Å². The second-order valence-corrected chi connectivity index (χ2v) is 8.61. The summed E-state index contributed by atoms with van der Waals surface area (Å²) in [4.78, 5) is 1.17. The molecule has 6 heteroatoms. The molecule has 0 spiro atoms. The number of thioether (sulfide) groups is 1. The van der Waals surface area contributed by atoms with Crippen molar-refractivity contribution in [3.8, 4) is 0 Å². The first-order valence-electron chi connectivity index (χ1n) is 8.38. The summed E-state index contributed by atoms with van der Waals surface area (Å²) in [6, 6.07) is 14.7. The van der Waals surface area contributed by atoms with Gasteiger partial charge in [0, 0.05) is 22.6 Å². The Labute approximate surface area is 170 Å². The van der Waals surface area contributed by atoms with Crippen molar-refractivity contribution in [3.63, 3.8) is 0 Å². The molecule has 0 N–H and O–H groups in total. The summed E-state index contributed by atoms with van der Waals surface area (Å²) in [5, 5.41) is 6.58. The van der Waals surface area contributed by atoms with Gasteiger partial charge in [-0.15, -0.1) is 11.8 Å². The molecule has 1 aliphatic heterocycles. The van der Waals surface area contributed by atoms with Gasteiger partial charge >= 0.3 is 0 Å². The van der Waals surface area contributed by atoms with E-state index in [2.05, 4.69) is 59.0 Å². The van der Waals surface area contributed by atoms with Crippen molar-refractivity contribution in [1.82, 2.24) is 9.78 Å². The fraction of sp³-hybridized carbons (Fsp3) is 0.316. The summed E-state index contributed by atoms with van der Waals surface area (Å²) >= 11 is 10.7.